The lowest BCUT2D eigenvalue weighted by Gasteiger charge is -2.16. The molecule has 3 N–H and O–H groups in total. The first-order valence-electron chi connectivity index (χ1n) is 7.98. The molecule has 2 aromatic carbocycles. The second kappa shape index (κ2) is 7.96. The number of nitrogens with two attached hydrogens (primary N) is 1. The van der Waals surface area contributed by atoms with Crippen molar-refractivity contribution >= 4 is 28.8 Å². The van der Waals surface area contributed by atoms with Gasteiger partial charge in [0.1, 0.15) is 16.6 Å². The summed E-state index contributed by atoms with van der Waals surface area (Å²) < 4.78 is 18.8. The van der Waals surface area contributed by atoms with E-state index in [0.29, 0.717) is 27.7 Å². The van der Waals surface area contributed by atoms with Crippen molar-refractivity contribution in [2.24, 2.45) is 5.73 Å². The second-order valence-electron chi connectivity index (χ2n) is 5.66. The number of benzene rings is 2. The summed E-state index contributed by atoms with van der Waals surface area (Å²) in [5.74, 6) is -1.03. The highest BCUT2D eigenvalue weighted by molar-refractivity contribution is 7.10. The molecule has 0 fully saturated rings. The number of para-hydroxylation sites is 2. The van der Waals surface area contributed by atoms with Crippen molar-refractivity contribution in [3.8, 4) is 17.0 Å². The molecule has 3 rings (SSSR count). The maximum absolute atomic E-state index is 13.1. The van der Waals surface area contributed by atoms with Gasteiger partial charge in [-0.1, -0.05) is 12.1 Å². The van der Waals surface area contributed by atoms with E-state index in [-0.39, 0.29) is 11.7 Å². The fourth-order valence-corrected chi connectivity index (χ4v) is 3.24. The predicted molar refractivity (Wildman–Crippen MR) is 101 cm³/mol. The lowest BCUT2D eigenvalue weighted by Crippen LogP contribution is -2.26. The molecule has 0 bridgehead atoms. The van der Waals surface area contributed by atoms with Gasteiger partial charge in [-0.05, 0) is 36.4 Å². The van der Waals surface area contributed by atoms with E-state index in [1.165, 1.54) is 30.4 Å². The Hall–Kier alpha value is -3.26. The summed E-state index contributed by atoms with van der Waals surface area (Å²) in [5.41, 5.74) is 7.22. The fourth-order valence-electron chi connectivity index (χ4n) is 2.38. The van der Waals surface area contributed by atoms with Crippen LogP contribution in [0.1, 0.15) is 18.0 Å². The zero-order valence-corrected chi connectivity index (χ0v) is 15.1. The minimum absolute atomic E-state index is 0.269. The van der Waals surface area contributed by atoms with Gasteiger partial charge in [-0.15, -0.1) is 11.3 Å². The molecular formula is C19H16FN3O3S. The van der Waals surface area contributed by atoms with Crippen molar-refractivity contribution in [1.82, 2.24) is 4.98 Å². The van der Waals surface area contributed by atoms with Crippen molar-refractivity contribution in [3.63, 3.8) is 0 Å². The minimum atomic E-state index is -1.13. The van der Waals surface area contributed by atoms with Crippen LogP contribution < -0.4 is 15.8 Å². The molecule has 0 spiro atoms. The molecule has 1 atom stereocenters. The number of halogens is 1. The van der Waals surface area contributed by atoms with E-state index in [0.717, 1.165) is 0 Å². The highest BCUT2D eigenvalue weighted by Gasteiger charge is 2.25. The van der Waals surface area contributed by atoms with Crippen LogP contribution in [0.3, 0.4) is 0 Å². The Labute approximate surface area is 158 Å². The summed E-state index contributed by atoms with van der Waals surface area (Å²) in [6.07, 6.45) is -1.13. The molecule has 0 aliphatic rings. The number of carbonyl (C=O) groups excluding carboxylic acids is 2. The number of carbonyl (C=O) groups is 2. The van der Waals surface area contributed by atoms with E-state index in [2.05, 4.69) is 10.3 Å². The van der Waals surface area contributed by atoms with Crippen LogP contribution >= 0.6 is 11.3 Å². The normalized spacial score (nSPS) is 11.6. The third kappa shape index (κ3) is 4.48. The van der Waals surface area contributed by atoms with Crippen LogP contribution in [0.2, 0.25) is 0 Å². The number of anilines is 1. The van der Waals surface area contributed by atoms with Gasteiger partial charge in [-0.25, -0.2) is 9.37 Å². The third-order valence-corrected chi connectivity index (χ3v) is 4.48. The number of nitrogens with zero attached hydrogens (tertiary/aromatic N) is 1. The largest absolute Gasteiger partial charge is 0.471 e. The van der Waals surface area contributed by atoms with Crippen molar-refractivity contribution in [3.05, 3.63) is 64.7 Å². The lowest BCUT2D eigenvalue weighted by molar-refractivity contribution is -0.124. The van der Waals surface area contributed by atoms with Gasteiger partial charge in [-0.2, -0.15) is 0 Å². The Balaban J connectivity index is 1.88. The fraction of sp³-hybridized carbons (Fsp3) is 0.105. The molecule has 1 unspecified atom stereocenters. The van der Waals surface area contributed by atoms with Gasteiger partial charge in [0, 0.05) is 17.9 Å². The number of hydrogen-bond donors (Lipinski definition) is 2. The van der Waals surface area contributed by atoms with Gasteiger partial charge in [0.2, 0.25) is 12.0 Å². The van der Waals surface area contributed by atoms with Gasteiger partial charge in [0.05, 0.1) is 11.4 Å². The predicted octanol–water partition coefficient (Wildman–Crippen LogP) is 3.51. The van der Waals surface area contributed by atoms with E-state index >= 15 is 0 Å². The van der Waals surface area contributed by atoms with Gasteiger partial charge < -0.3 is 15.8 Å². The topological polar surface area (TPSA) is 94.3 Å². The quantitative estimate of drug-likeness (QED) is 0.679. The zero-order chi connectivity index (χ0) is 19.4. The molecule has 138 valence electrons. The average molecular weight is 385 g/mol. The molecule has 3 aromatic rings. The number of aromatic nitrogens is 1. The van der Waals surface area contributed by atoms with Crippen molar-refractivity contribution in [1.29, 1.82) is 0 Å². The van der Waals surface area contributed by atoms with Crippen LogP contribution in [-0.4, -0.2) is 16.8 Å². The van der Waals surface area contributed by atoms with Gasteiger partial charge in [-0.3, -0.25) is 9.59 Å². The Morgan fingerprint density at radius 2 is 1.89 bits per heavy atom. The molecule has 27 heavy (non-hydrogen) atoms. The maximum atomic E-state index is 13.1. The molecule has 0 saturated carbocycles. The van der Waals surface area contributed by atoms with Crippen LogP contribution in [0.25, 0.3) is 11.3 Å². The number of ether oxygens (including phenoxy) is 1. The summed E-state index contributed by atoms with van der Waals surface area (Å²) in [6, 6.07) is 12.6. The molecule has 1 aromatic heterocycles. The number of nitrogens with one attached hydrogen (secondary N) is 1. The summed E-state index contributed by atoms with van der Waals surface area (Å²) in [6.45, 7) is 1.37. The third-order valence-electron chi connectivity index (χ3n) is 3.59. The van der Waals surface area contributed by atoms with Crippen LogP contribution in [-0.2, 0) is 9.59 Å². The van der Waals surface area contributed by atoms with Crippen molar-refractivity contribution in [2.75, 3.05) is 5.32 Å². The van der Waals surface area contributed by atoms with Crippen LogP contribution in [0, 0.1) is 5.82 Å². The van der Waals surface area contributed by atoms with E-state index < -0.39 is 12.0 Å². The first-order chi connectivity index (χ1) is 12.9. The first-order valence-corrected chi connectivity index (χ1v) is 8.86. The molecular weight excluding hydrogens is 369 g/mol. The Morgan fingerprint density at radius 3 is 2.56 bits per heavy atom. The van der Waals surface area contributed by atoms with E-state index in [1.54, 1.807) is 41.8 Å². The van der Waals surface area contributed by atoms with E-state index in [4.69, 9.17) is 10.5 Å². The zero-order valence-electron chi connectivity index (χ0n) is 14.3. The van der Waals surface area contributed by atoms with E-state index in [1.807, 2.05) is 0 Å². The Kier molecular flexibility index (Phi) is 5.46. The number of primary amides is 1. The summed E-state index contributed by atoms with van der Waals surface area (Å²) in [5, 5.41) is 4.74. The summed E-state index contributed by atoms with van der Waals surface area (Å²) in [7, 11) is 0. The van der Waals surface area contributed by atoms with E-state index in [9.17, 15) is 14.0 Å². The van der Waals surface area contributed by atoms with Gasteiger partial charge in [0.15, 0.2) is 0 Å². The average Bonchev–Trinajstić information content (AvgIpc) is 3.10. The second-order valence-corrected chi connectivity index (χ2v) is 6.55. The monoisotopic (exact) mass is 385 g/mol. The Morgan fingerprint density at radius 1 is 1.19 bits per heavy atom. The molecule has 0 aliphatic heterocycles. The van der Waals surface area contributed by atoms with Crippen LogP contribution in [0.4, 0.5) is 10.1 Å². The van der Waals surface area contributed by atoms with Crippen molar-refractivity contribution in [2.45, 2.75) is 13.0 Å². The summed E-state index contributed by atoms with van der Waals surface area (Å²) >= 11 is 1.21. The minimum Gasteiger partial charge on any atom is -0.471 e. The lowest BCUT2D eigenvalue weighted by atomic mass is 10.2. The van der Waals surface area contributed by atoms with Crippen LogP contribution in [0.5, 0.6) is 5.75 Å². The number of amides is 2. The Bertz CT molecular complexity index is 972. The van der Waals surface area contributed by atoms with Crippen LogP contribution in [0.15, 0.2) is 53.9 Å². The molecule has 2 amide bonds. The first kappa shape index (κ1) is 18.5. The van der Waals surface area contributed by atoms with Gasteiger partial charge >= 0.3 is 0 Å². The maximum Gasteiger partial charge on any atom is 0.265 e. The molecule has 1 heterocycles. The SMILES string of the molecule is CC(=O)Nc1ccccc1OC(C(N)=O)c1nc(-c2ccc(F)cc2)cs1. The molecule has 0 saturated heterocycles. The number of thiazole rings is 1. The summed E-state index contributed by atoms with van der Waals surface area (Å²) in [4.78, 5) is 27.7. The molecule has 0 aliphatic carbocycles. The highest BCUT2D eigenvalue weighted by Crippen LogP contribution is 2.32. The number of hydrogen-bond acceptors (Lipinski definition) is 5. The smallest absolute Gasteiger partial charge is 0.265 e. The van der Waals surface area contributed by atoms with Gasteiger partial charge in [0.25, 0.3) is 5.91 Å². The van der Waals surface area contributed by atoms with Crippen molar-refractivity contribution < 1.29 is 18.7 Å². The number of rotatable bonds is 6. The molecule has 8 heteroatoms. The standard InChI is InChI=1S/C19H16FN3O3S/c1-11(24)22-14-4-2-3-5-16(14)26-17(18(21)25)19-23-15(10-27-19)12-6-8-13(20)9-7-12/h2-10,17H,1H3,(H2,21,25)(H,22,24). The molecule has 6 nitrogen and oxygen atoms in total. The molecule has 0 radical (unpaired) electrons. The highest BCUT2D eigenvalue weighted by atomic mass is 32.1.